The maximum absolute atomic E-state index is 14.1. The molecular weight excluding hydrogens is 446 g/mol. The number of H-pyrrole nitrogens is 1. The summed E-state index contributed by atoms with van der Waals surface area (Å²) < 4.78 is 33.3. The number of hydrogen-bond acceptors (Lipinski definition) is 2. The van der Waals surface area contributed by atoms with Crippen molar-refractivity contribution in [1.82, 2.24) is 9.88 Å². The number of aromatic nitrogens is 1. The highest BCUT2D eigenvalue weighted by molar-refractivity contribution is 6.08. The van der Waals surface area contributed by atoms with E-state index >= 15 is 0 Å². The van der Waals surface area contributed by atoms with Gasteiger partial charge in [0.1, 0.15) is 5.75 Å². The minimum Gasteiger partial charge on any atom is -0.491 e. The van der Waals surface area contributed by atoms with Crippen molar-refractivity contribution in [1.29, 1.82) is 0 Å². The van der Waals surface area contributed by atoms with Crippen LogP contribution in [0.4, 0.5) is 8.78 Å². The predicted molar refractivity (Wildman–Crippen MR) is 135 cm³/mol. The molecule has 4 nitrogen and oxygen atoms in total. The molecule has 0 aliphatic carbocycles. The van der Waals surface area contributed by atoms with Gasteiger partial charge in [0.15, 0.2) is 11.6 Å². The van der Waals surface area contributed by atoms with Gasteiger partial charge >= 0.3 is 0 Å². The normalized spacial score (nSPS) is 11.4. The Bertz CT molecular complexity index is 1330. The van der Waals surface area contributed by atoms with Gasteiger partial charge in [-0.2, -0.15) is 0 Å². The fraction of sp³-hybridized carbons (Fsp3) is 0.276. The van der Waals surface area contributed by atoms with Crippen molar-refractivity contribution in [2.24, 2.45) is 0 Å². The largest absolute Gasteiger partial charge is 0.491 e. The van der Waals surface area contributed by atoms with Gasteiger partial charge in [-0.1, -0.05) is 50.2 Å². The Kier molecular flexibility index (Phi) is 7.20. The van der Waals surface area contributed by atoms with E-state index in [9.17, 15) is 13.6 Å². The molecule has 0 saturated heterocycles. The number of fused-ring (bicyclic) bond motifs is 1. The Balaban J connectivity index is 1.77. The van der Waals surface area contributed by atoms with Crippen molar-refractivity contribution in [3.8, 4) is 5.75 Å². The van der Waals surface area contributed by atoms with Gasteiger partial charge in [-0.25, -0.2) is 8.78 Å². The lowest BCUT2D eigenvalue weighted by molar-refractivity contribution is 0.0730. The topological polar surface area (TPSA) is 45.3 Å². The zero-order chi connectivity index (χ0) is 25.1. The Morgan fingerprint density at radius 1 is 0.886 bits per heavy atom. The van der Waals surface area contributed by atoms with E-state index in [0.29, 0.717) is 17.7 Å². The summed E-state index contributed by atoms with van der Waals surface area (Å²) in [6, 6.07) is 19.1. The van der Waals surface area contributed by atoms with Crippen LogP contribution in [0.15, 0.2) is 66.7 Å². The molecule has 4 aromatic rings. The van der Waals surface area contributed by atoms with E-state index in [2.05, 4.69) is 4.98 Å². The number of ether oxygens (including phenoxy) is 1. The van der Waals surface area contributed by atoms with Crippen LogP contribution in [-0.4, -0.2) is 21.9 Å². The van der Waals surface area contributed by atoms with Crippen LogP contribution in [0.5, 0.6) is 5.75 Å². The third kappa shape index (κ3) is 5.53. The first-order valence-electron chi connectivity index (χ1n) is 11.8. The minimum absolute atomic E-state index is 0.0329. The molecule has 0 fully saturated rings. The molecule has 0 radical (unpaired) electrons. The number of halogens is 2. The summed E-state index contributed by atoms with van der Waals surface area (Å²) >= 11 is 0. The van der Waals surface area contributed by atoms with Gasteiger partial charge in [0.25, 0.3) is 5.91 Å². The molecule has 3 aromatic carbocycles. The zero-order valence-corrected chi connectivity index (χ0v) is 20.4. The van der Waals surface area contributed by atoms with Gasteiger partial charge in [-0.3, -0.25) is 4.79 Å². The SMILES string of the molecule is CC(C)Oc1ccc2c(C(=O)N(Cc3ccccc3)Cc3ccc(F)c(F)c3)c(C(C)C)[nH]c2c1. The molecule has 6 heteroatoms. The van der Waals surface area contributed by atoms with Crippen LogP contribution in [0.3, 0.4) is 0 Å². The summed E-state index contributed by atoms with van der Waals surface area (Å²) in [7, 11) is 0. The van der Waals surface area contributed by atoms with Crippen molar-refractivity contribution < 1.29 is 18.3 Å². The molecule has 0 bridgehead atoms. The van der Waals surface area contributed by atoms with Crippen LogP contribution < -0.4 is 4.74 Å². The van der Waals surface area contributed by atoms with Crippen molar-refractivity contribution >= 4 is 16.8 Å². The number of nitrogens with one attached hydrogen (secondary N) is 1. The second-order valence-corrected chi connectivity index (χ2v) is 9.34. The van der Waals surface area contributed by atoms with Crippen molar-refractivity contribution in [3.63, 3.8) is 0 Å². The van der Waals surface area contributed by atoms with Crippen LogP contribution in [0, 0.1) is 11.6 Å². The number of amides is 1. The molecule has 1 heterocycles. The van der Waals surface area contributed by atoms with Crippen LogP contribution in [-0.2, 0) is 13.1 Å². The van der Waals surface area contributed by atoms with Crippen LogP contribution >= 0.6 is 0 Å². The monoisotopic (exact) mass is 476 g/mol. The van der Waals surface area contributed by atoms with Gasteiger partial charge in [0, 0.05) is 30.2 Å². The average molecular weight is 477 g/mol. The Morgan fingerprint density at radius 2 is 1.60 bits per heavy atom. The lowest BCUT2D eigenvalue weighted by Gasteiger charge is -2.24. The molecule has 0 spiro atoms. The number of benzene rings is 3. The molecule has 0 atom stereocenters. The van der Waals surface area contributed by atoms with Gasteiger partial charge in [-0.05, 0) is 55.2 Å². The Morgan fingerprint density at radius 3 is 2.26 bits per heavy atom. The molecule has 0 unspecified atom stereocenters. The minimum atomic E-state index is -0.928. The number of carbonyl (C=O) groups is 1. The fourth-order valence-electron chi connectivity index (χ4n) is 4.23. The van der Waals surface area contributed by atoms with Gasteiger partial charge in [0.05, 0.1) is 17.2 Å². The van der Waals surface area contributed by atoms with E-state index in [4.69, 9.17) is 4.74 Å². The first kappa shape index (κ1) is 24.5. The van der Waals surface area contributed by atoms with Gasteiger partial charge < -0.3 is 14.6 Å². The number of carbonyl (C=O) groups excluding carboxylic acids is 1. The maximum Gasteiger partial charge on any atom is 0.256 e. The fourth-order valence-corrected chi connectivity index (χ4v) is 4.23. The highest BCUT2D eigenvalue weighted by Gasteiger charge is 2.26. The predicted octanol–water partition coefficient (Wildman–Crippen LogP) is 7.20. The second-order valence-electron chi connectivity index (χ2n) is 9.34. The molecule has 35 heavy (non-hydrogen) atoms. The van der Waals surface area contributed by atoms with E-state index in [1.807, 2.05) is 76.2 Å². The summed E-state index contributed by atoms with van der Waals surface area (Å²) in [6.07, 6.45) is 0.0329. The van der Waals surface area contributed by atoms with E-state index in [-0.39, 0.29) is 24.5 Å². The molecule has 4 rings (SSSR count). The van der Waals surface area contributed by atoms with Crippen molar-refractivity contribution in [2.75, 3.05) is 0 Å². The highest BCUT2D eigenvalue weighted by atomic mass is 19.2. The summed E-state index contributed by atoms with van der Waals surface area (Å²) in [5.41, 5.74) is 3.70. The molecule has 182 valence electrons. The average Bonchev–Trinajstić information content (AvgIpc) is 3.20. The first-order valence-corrected chi connectivity index (χ1v) is 11.8. The third-order valence-corrected chi connectivity index (χ3v) is 5.82. The van der Waals surface area contributed by atoms with E-state index < -0.39 is 11.6 Å². The summed E-state index contributed by atoms with van der Waals surface area (Å²) in [5.74, 6) is -1.22. The van der Waals surface area contributed by atoms with E-state index in [1.165, 1.54) is 6.07 Å². The number of aromatic amines is 1. The summed E-state index contributed by atoms with van der Waals surface area (Å²) in [4.78, 5) is 19.2. The number of nitrogens with zero attached hydrogens (tertiary/aromatic N) is 1. The molecule has 0 saturated carbocycles. The lowest BCUT2D eigenvalue weighted by atomic mass is 10.0. The van der Waals surface area contributed by atoms with Crippen LogP contribution in [0.2, 0.25) is 0 Å². The van der Waals surface area contributed by atoms with Crippen molar-refractivity contribution in [3.05, 3.63) is 101 Å². The summed E-state index contributed by atoms with van der Waals surface area (Å²) in [6.45, 7) is 8.47. The van der Waals surface area contributed by atoms with Gasteiger partial charge in [-0.15, -0.1) is 0 Å². The highest BCUT2D eigenvalue weighted by Crippen LogP contribution is 2.32. The smallest absolute Gasteiger partial charge is 0.256 e. The lowest BCUT2D eigenvalue weighted by Crippen LogP contribution is -2.31. The second kappa shape index (κ2) is 10.3. The van der Waals surface area contributed by atoms with Crippen molar-refractivity contribution in [2.45, 2.75) is 52.8 Å². The Labute approximate surface area is 204 Å². The van der Waals surface area contributed by atoms with E-state index in [0.717, 1.165) is 40.0 Å². The molecular formula is C29H30F2N2O2. The number of hydrogen-bond donors (Lipinski definition) is 1. The van der Waals surface area contributed by atoms with Crippen LogP contribution in [0.25, 0.3) is 10.9 Å². The third-order valence-electron chi connectivity index (χ3n) is 5.82. The standard InChI is InChI=1S/C29H30F2N2O2/c1-18(2)28-27(23-12-11-22(35-19(3)4)15-26(23)32-28)29(34)33(16-20-8-6-5-7-9-20)17-21-10-13-24(30)25(31)14-21/h5-15,18-19,32H,16-17H2,1-4H3. The first-order chi connectivity index (χ1) is 16.7. The quantitative estimate of drug-likeness (QED) is 0.292. The molecule has 0 aliphatic rings. The molecule has 0 aliphatic heterocycles. The summed E-state index contributed by atoms with van der Waals surface area (Å²) in [5, 5.41) is 0.804. The van der Waals surface area contributed by atoms with Crippen LogP contribution in [0.1, 0.15) is 60.8 Å². The molecule has 1 amide bonds. The molecule has 1 N–H and O–H groups in total. The van der Waals surface area contributed by atoms with Gasteiger partial charge in [0.2, 0.25) is 0 Å². The number of rotatable bonds is 8. The maximum atomic E-state index is 14.1. The Hall–Kier alpha value is -3.67. The zero-order valence-electron chi connectivity index (χ0n) is 20.4. The molecule has 1 aromatic heterocycles. The van der Waals surface area contributed by atoms with E-state index in [1.54, 1.807) is 4.90 Å².